The smallest absolute Gasteiger partial charge is 0.317 e. The Balaban J connectivity index is 3.27. The molecule has 0 radical (unpaired) electrons. The normalized spacial score (nSPS) is 11.9. The molecular weight excluding hydrogens is 324 g/mol. The molecule has 0 saturated carbocycles. The average molecular weight is 349 g/mol. The molecule has 0 N–H and O–H groups in total. The molecule has 126 valence electrons. The van der Waals surface area contributed by atoms with Crippen LogP contribution in [-0.4, -0.2) is 26.4 Å². The topological polar surface area (TPSA) is 57.2 Å². The Morgan fingerprint density at radius 3 is 1.82 bits per heavy atom. The average Bonchev–Trinajstić information content (AvgIpc) is 2.49. The minimum atomic E-state index is -3.55. The fourth-order valence-corrected chi connectivity index (χ4v) is 5.48. The molecule has 0 aromatic heterocycles. The van der Waals surface area contributed by atoms with Gasteiger partial charge in [-0.15, -0.1) is 0 Å². The minimum Gasteiger partial charge on any atom is -0.317 e. The van der Waals surface area contributed by atoms with E-state index in [0.29, 0.717) is 18.9 Å². The van der Waals surface area contributed by atoms with Crippen molar-refractivity contribution in [1.82, 2.24) is 0 Å². The quantitative estimate of drug-likeness (QED) is 0.526. The molecule has 0 heterocycles. The van der Waals surface area contributed by atoms with Crippen LogP contribution in [0.5, 0.6) is 0 Å². The second-order valence-corrected chi connectivity index (χ2v) is 7.56. The van der Waals surface area contributed by atoms with Crippen LogP contribution in [0, 0.1) is 0 Å². The van der Waals surface area contributed by atoms with Crippen molar-refractivity contribution in [3.8, 4) is 0 Å². The highest BCUT2D eigenvalue weighted by molar-refractivity contribution is 7.71. The van der Waals surface area contributed by atoms with E-state index in [9.17, 15) is 4.57 Å². The van der Waals surface area contributed by atoms with Gasteiger partial charge in [-0.2, -0.15) is 0 Å². The number of para-hydroxylation sites is 1. The summed E-state index contributed by atoms with van der Waals surface area (Å²) >= 11 is 0. The molecule has 1 rings (SSSR count). The van der Waals surface area contributed by atoms with Crippen LogP contribution in [0.3, 0.4) is 0 Å². The van der Waals surface area contributed by atoms with E-state index < -0.39 is 16.3 Å². The third-order valence-corrected chi connectivity index (χ3v) is 6.90. The van der Waals surface area contributed by atoms with Crippen molar-refractivity contribution in [3.63, 3.8) is 0 Å². The van der Waals surface area contributed by atoms with Crippen molar-refractivity contribution in [2.45, 2.75) is 27.7 Å². The molecule has 0 aliphatic rings. The summed E-state index contributed by atoms with van der Waals surface area (Å²) < 4.78 is 37.1. The molecule has 0 unspecified atom stereocenters. The number of nitrogens with zero attached hydrogens (tertiary/aromatic N) is 1. The lowest BCUT2D eigenvalue weighted by atomic mass is 10.3. The first-order chi connectivity index (χ1) is 10.6. The van der Waals surface area contributed by atoms with Crippen molar-refractivity contribution in [2.24, 2.45) is 0 Å². The number of rotatable bonds is 11. The highest BCUT2D eigenvalue weighted by Gasteiger charge is 2.41. The van der Waals surface area contributed by atoms with Crippen LogP contribution < -0.4 is 4.44 Å². The summed E-state index contributed by atoms with van der Waals surface area (Å²) in [6, 6.07) is 9.26. The summed E-state index contributed by atoms with van der Waals surface area (Å²) in [6.45, 7) is 8.69. The molecular formula is C14H25NO5P2. The zero-order valence-corrected chi connectivity index (χ0v) is 15.4. The lowest BCUT2D eigenvalue weighted by Crippen LogP contribution is -2.20. The van der Waals surface area contributed by atoms with Crippen molar-refractivity contribution >= 4 is 22.0 Å². The van der Waals surface area contributed by atoms with Crippen LogP contribution in [0.1, 0.15) is 27.7 Å². The van der Waals surface area contributed by atoms with Gasteiger partial charge in [-0.25, -0.2) is 9.01 Å². The number of hydrogen-bond acceptors (Lipinski definition) is 5. The van der Waals surface area contributed by atoms with Gasteiger partial charge in [0.25, 0.3) is 8.53 Å². The summed E-state index contributed by atoms with van der Waals surface area (Å²) in [4.78, 5) is 0. The lowest BCUT2D eigenvalue weighted by molar-refractivity contribution is 0.216. The summed E-state index contributed by atoms with van der Waals surface area (Å²) in [5.74, 6) is 0. The van der Waals surface area contributed by atoms with Gasteiger partial charge in [0.1, 0.15) is 0 Å². The maximum atomic E-state index is 13.2. The molecule has 22 heavy (non-hydrogen) atoms. The van der Waals surface area contributed by atoms with Crippen LogP contribution in [-0.2, 0) is 22.7 Å². The van der Waals surface area contributed by atoms with Crippen LogP contribution in [0.4, 0.5) is 5.69 Å². The molecule has 0 aliphatic carbocycles. The van der Waals surface area contributed by atoms with E-state index in [-0.39, 0.29) is 13.2 Å². The number of benzene rings is 1. The lowest BCUT2D eigenvalue weighted by Gasteiger charge is -2.34. The predicted molar refractivity (Wildman–Crippen MR) is 90.0 cm³/mol. The fourth-order valence-electron chi connectivity index (χ4n) is 1.73. The molecule has 0 spiro atoms. The predicted octanol–water partition coefficient (Wildman–Crippen LogP) is 4.97. The molecule has 8 heteroatoms. The van der Waals surface area contributed by atoms with E-state index in [1.807, 2.05) is 44.2 Å². The van der Waals surface area contributed by atoms with Gasteiger partial charge in [0, 0.05) is 0 Å². The molecule has 1 aromatic rings. The molecule has 0 aliphatic heterocycles. The second kappa shape index (κ2) is 10.3. The van der Waals surface area contributed by atoms with Gasteiger partial charge in [0.05, 0.1) is 32.1 Å². The Morgan fingerprint density at radius 1 is 0.909 bits per heavy atom. The van der Waals surface area contributed by atoms with Gasteiger partial charge in [0.2, 0.25) is 0 Å². The van der Waals surface area contributed by atoms with E-state index in [1.54, 1.807) is 13.8 Å². The van der Waals surface area contributed by atoms with Crippen LogP contribution in [0.15, 0.2) is 30.3 Å². The van der Waals surface area contributed by atoms with Gasteiger partial charge in [-0.3, -0.25) is 9.05 Å². The molecule has 0 saturated heterocycles. The molecule has 6 nitrogen and oxygen atoms in total. The van der Waals surface area contributed by atoms with Gasteiger partial charge in [-0.05, 0) is 39.8 Å². The fraction of sp³-hybridized carbons (Fsp3) is 0.571. The van der Waals surface area contributed by atoms with Crippen molar-refractivity contribution in [1.29, 1.82) is 0 Å². The number of anilines is 1. The second-order valence-electron chi connectivity index (χ2n) is 4.00. The minimum absolute atomic E-state index is 0.266. The maximum absolute atomic E-state index is 13.2. The molecule has 0 atom stereocenters. The zero-order chi connectivity index (χ0) is 16.4. The summed E-state index contributed by atoms with van der Waals surface area (Å²) in [6.07, 6.45) is 0. The Hall–Kier alpha value is -0.480. The first-order valence-electron chi connectivity index (χ1n) is 7.43. The largest absolute Gasteiger partial charge is 0.442 e. The summed E-state index contributed by atoms with van der Waals surface area (Å²) in [5.41, 5.74) is 0.681. The first-order valence-corrected chi connectivity index (χ1v) is 10.1. The van der Waals surface area contributed by atoms with E-state index in [2.05, 4.69) is 0 Å². The van der Waals surface area contributed by atoms with Gasteiger partial charge < -0.3 is 9.05 Å². The Kier molecular flexibility index (Phi) is 9.18. The summed E-state index contributed by atoms with van der Waals surface area (Å²) in [5, 5.41) is 0. The molecule has 0 bridgehead atoms. The molecule has 1 aromatic carbocycles. The molecule has 0 fully saturated rings. The standard InChI is InChI=1S/C14H25NO5P2/c1-5-17-21(18-6-2)15(14-12-10-9-11-13-14)22(16,19-7-3)20-8-4/h9-13H,5-8H2,1-4H3. The zero-order valence-electron chi connectivity index (χ0n) is 13.6. The van der Waals surface area contributed by atoms with Crippen molar-refractivity contribution in [3.05, 3.63) is 30.3 Å². The third kappa shape index (κ3) is 5.31. The van der Waals surface area contributed by atoms with Crippen molar-refractivity contribution < 1.29 is 22.7 Å². The first kappa shape index (κ1) is 19.6. The third-order valence-electron chi connectivity index (χ3n) is 2.44. The molecule has 0 amide bonds. The van der Waals surface area contributed by atoms with Gasteiger partial charge in [0.15, 0.2) is 0 Å². The highest BCUT2D eigenvalue weighted by Crippen LogP contribution is 2.65. The highest BCUT2D eigenvalue weighted by atomic mass is 31.2. The van der Waals surface area contributed by atoms with E-state index in [4.69, 9.17) is 18.1 Å². The van der Waals surface area contributed by atoms with E-state index in [0.717, 1.165) is 0 Å². The van der Waals surface area contributed by atoms with Crippen LogP contribution in [0.25, 0.3) is 0 Å². The monoisotopic (exact) mass is 349 g/mol. The Bertz CT molecular complexity index is 444. The SMILES string of the molecule is CCOP(OCC)N(c1ccccc1)P(=O)(OCC)OCC. The Morgan fingerprint density at radius 2 is 1.41 bits per heavy atom. The Labute approximate surface area is 134 Å². The van der Waals surface area contributed by atoms with Crippen molar-refractivity contribution in [2.75, 3.05) is 30.9 Å². The van der Waals surface area contributed by atoms with Crippen LogP contribution in [0.2, 0.25) is 0 Å². The van der Waals surface area contributed by atoms with Crippen LogP contribution >= 0.6 is 16.3 Å². The van der Waals surface area contributed by atoms with E-state index >= 15 is 0 Å². The van der Waals surface area contributed by atoms with Gasteiger partial charge in [-0.1, -0.05) is 18.2 Å². The number of hydrogen-bond donors (Lipinski definition) is 0. The van der Waals surface area contributed by atoms with Gasteiger partial charge >= 0.3 is 7.75 Å². The summed E-state index contributed by atoms with van der Waals surface area (Å²) in [7, 11) is -5.15. The maximum Gasteiger partial charge on any atom is 0.442 e. The van der Waals surface area contributed by atoms with E-state index in [1.165, 1.54) is 4.44 Å².